The van der Waals surface area contributed by atoms with Gasteiger partial charge in [0.05, 0.1) is 17.5 Å². The average molecular weight is 171 g/mol. The zero-order chi connectivity index (χ0) is 8.84. The summed E-state index contributed by atoms with van der Waals surface area (Å²) in [5, 5.41) is 6.61. The first-order chi connectivity index (χ1) is 6.38. The summed E-state index contributed by atoms with van der Waals surface area (Å²) in [6, 6.07) is 3.67. The number of aromatic nitrogens is 3. The first kappa shape index (κ1) is 6.54. The molecule has 4 heteroatoms. The Morgan fingerprint density at radius 1 is 1.31 bits per heavy atom. The minimum Gasteiger partial charge on any atom is -0.287 e. The fourth-order valence-corrected chi connectivity index (χ4v) is 1.58. The summed E-state index contributed by atoms with van der Waals surface area (Å²) in [6.45, 7) is 0. The standard InChI is InChI=1S/C9H5N3O/c13-9-6-4-11-12-7(6)5-2-1-3-10-8(5)9/h1-4H,(H,11,12). The van der Waals surface area contributed by atoms with Crippen LogP contribution in [0.15, 0.2) is 24.5 Å². The van der Waals surface area contributed by atoms with Crippen LogP contribution < -0.4 is 0 Å². The lowest BCUT2D eigenvalue weighted by Gasteiger charge is -1.93. The van der Waals surface area contributed by atoms with Crippen LogP contribution >= 0.6 is 0 Å². The van der Waals surface area contributed by atoms with Gasteiger partial charge in [-0.05, 0) is 12.1 Å². The predicted octanol–water partition coefficient (Wildman–Crippen LogP) is 1.02. The van der Waals surface area contributed by atoms with Gasteiger partial charge in [0.1, 0.15) is 5.69 Å². The number of hydrogen-bond acceptors (Lipinski definition) is 3. The highest BCUT2D eigenvalue weighted by molar-refractivity contribution is 6.19. The number of carbonyl (C=O) groups excluding carboxylic acids is 1. The summed E-state index contributed by atoms with van der Waals surface area (Å²) in [7, 11) is 0. The summed E-state index contributed by atoms with van der Waals surface area (Å²) >= 11 is 0. The van der Waals surface area contributed by atoms with Crippen LogP contribution in [0.5, 0.6) is 0 Å². The third-order valence-corrected chi connectivity index (χ3v) is 2.18. The van der Waals surface area contributed by atoms with Gasteiger partial charge in [0.2, 0.25) is 5.78 Å². The number of H-pyrrole nitrogens is 1. The van der Waals surface area contributed by atoms with E-state index in [4.69, 9.17) is 0 Å². The van der Waals surface area contributed by atoms with E-state index in [1.165, 1.54) is 0 Å². The lowest BCUT2D eigenvalue weighted by molar-refractivity contribution is 0.103. The number of carbonyl (C=O) groups is 1. The number of aromatic amines is 1. The molecule has 0 aromatic carbocycles. The van der Waals surface area contributed by atoms with E-state index < -0.39 is 0 Å². The zero-order valence-corrected chi connectivity index (χ0v) is 6.61. The van der Waals surface area contributed by atoms with E-state index in [9.17, 15) is 4.79 Å². The van der Waals surface area contributed by atoms with Crippen LogP contribution in [0.2, 0.25) is 0 Å². The molecular weight excluding hydrogens is 166 g/mol. The van der Waals surface area contributed by atoms with Crippen molar-refractivity contribution in [3.8, 4) is 11.3 Å². The largest absolute Gasteiger partial charge is 0.287 e. The Labute approximate surface area is 73.6 Å². The van der Waals surface area contributed by atoms with Crippen LogP contribution in [-0.4, -0.2) is 21.0 Å². The maximum absolute atomic E-state index is 11.6. The molecule has 0 fully saturated rings. The summed E-state index contributed by atoms with van der Waals surface area (Å²) in [5.41, 5.74) is 2.77. The van der Waals surface area contributed by atoms with Crippen LogP contribution in [0.1, 0.15) is 16.1 Å². The van der Waals surface area contributed by atoms with E-state index in [1.54, 1.807) is 12.4 Å². The van der Waals surface area contributed by atoms with Crippen molar-refractivity contribution in [1.82, 2.24) is 15.2 Å². The number of hydrogen-bond donors (Lipinski definition) is 1. The monoisotopic (exact) mass is 171 g/mol. The van der Waals surface area contributed by atoms with Gasteiger partial charge in [-0.2, -0.15) is 5.10 Å². The molecule has 13 heavy (non-hydrogen) atoms. The van der Waals surface area contributed by atoms with Crippen molar-refractivity contribution >= 4 is 5.78 Å². The molecule has 0 saturated carbocycles. The van der Waals surface area contributed by atoms with Crippen molar-refractivity contribution in [2.45, 2.75) is 0 Å². The van der Waals surface area contributed by atoms with E-state index in [0.29, 0.717) is 11.3 Å². The SMILES string of the molecule is O=C1c2cn[nH]c2-c2cccnc21. The zero-order valence-electron chi connectivity index (χ0n) is 6.61. The molecular formula is C9H5N3O. The van der Waals surface area contributed by atoms with E-state index in [0.717, 1.165) is 11.3 Å². The fraction of sp³-hybridized carbons (Fsp3) is 0. The molecule has 0 spiro atoms. The molecule has 0 amide bonds. The lowest BCUT2D eigenvalue weighted by Crippen LogP contribution is -1.96. The van der Waals surface area contributed by atoms with Crippen LogP contribution in [0.25, 0.3) is 11.3 Å². The van der Waals surface area contributed by atoms with Crippen LogP contribution in [0.4, 0.5) is 0 Å². The van der Waals surface area contributed by atoms with E-state index in [-0.39, 0.29) is 5.78 Å². The lowest BCUT2D eigenvalue weighted by atomic mass is 10.2. The number of ketones is 1. The number of pyridine rings is 1. The first-order valence-corrected chi connectivity index (χ1v) is 3.91. The highest BCUT2D eigenvalue weighted by Gasteiger charge is 2.29. The van der Waals surface area contributed by atoms with Gasteiger partial charge in [-0.25, -0.2) is 0 Å². The third-order valence-electron chi connectivity index (χ3n) is 2.18. The molecule has 1 aliphatic rings. The molecule has 0 bridgehead atoms. The van der Waals surface area contributed by atoms with Gasteiger partial charge in [0, 0.05) is 11.8 Å². The molecule has 0 radical (unpaired) electrons. The molecule has 62 valence electrons. The maximum atomic E-state index is 11.6. The normalized spacial score (nSPS) is 12.8. The number of nitrogens with one attached hydrogen (secondary N) is 1. The van der Waals surface area contributed by atoms with E-state index in [1.807, 2.05) is 12.1 Å². The van der Waals surface area contributed by atoms with Gasteiger partial charge in [-0.15, -0.1) is 0 Å². The highest BCUT2D eigenvalue weighted by Crippen LogP contribution is 2.32. The van der Waals surface area contributed by atoms with Gasteiger partial charge in [-0.1, -0.05) is 0 Å². The van der Waals surface area contributed by atoms with Crippen molar-refractivity contribution < 1.29 is 4.79 Å². The molecule has 1 N–H and O–H groups in total. The van der Waals surface area contributed by atoms with Gasteiger partial charge >= 0.3 is 0 Å². The van der Waals surface area contributed by atoms with Crippen molar-refractivity contribution in [3.63, 3.8) is 0 Å². The summed E-state index contributed by atoms with van der Waals surface area (Å²) in [5.74, 6) is -0.0423. The molecule has 0 aliphatic heterocycles. The molecule has 1 aliphatic carbocycles. The summed E-state index contributed by atoms with van der Waals surface area (Å²) < 4.78 is 0. The molecule has 2 aromatic heterocycles. The van der Waals surface area contributed by atoms with Gasteiger partial charge in [0.15, 0.2) is 0 Å². The van der Waals surface area contributed by atoms with Crippen LogP contribution in [-0.2, 0) is 0 Å². The quantitative estimate of drug-likeness (QED) is 0.549. The Balaban J connectivity index is 2.43. The second kappa shape index (κ2) is 2.04. The summed E-state index contributed by atoms with van der Waals surface area (Å²) in [4.78, 5) is 15.7. The number of rotatable bonds is 0. The maximum Gasteiger partial charge on any atom is 0.215 e. The predicted molar refractivity (Wildman–Crippen MR) is 45.3 cm³/mol. The van der Waals surface area contributed by atoms with E-state index in [2.05, 4.69) is 15.2 Å². The van der Waals surface area contributed by atoms with Crippen molar-refractivity contribution in [3.05, 3.63) is 35.8 Å². The minimum absolute atomic E-state index is 0.0423. The molecule has 3 rings (SSSR count). The Morgan fingerprint density at radius 3 is 3.15 bits per heavy atom. The molecule has 0 atom stereocenters. The van der Waals surface area contributed by atoms with Crippen molar-refractivity contribution in [1.29, 1.82) is 0 Å². The Morgan fingerprint density at radius 2 is 2.23 bits per heavy atom. The fourth-order valence-electron chi connectivity index (χ4n) is 1.58. The van der Waals surface area contributed by atoms with Crippen LogP contribution in [0.3, 0.4) is 0 Å². The van der Waals surface area contributed by atoms with Crippen LogP contribution in [0, 0.1) is 0 Å². The Bertz CT molecular complexity index is 501. The molecule has 2 aromatic rings. The second-order valence-electron chi connectivity index (χ2n) is 2.89. The van der Waals surface area contributed by atoms with Gasteiger partial charge in [-0.3, -0.25) is 14.9 Å². The molecule has 2 heterocycles. The van der Waals surface area contributed by atoms with Crippen molar-refractivity contribution in [2.75, 3.05) is 0 Å². The van der Waals surface area contributed by atoms with Crippen molar-refractivity contribution in [2.24, 2.45) is 0 Å². The average Bonchev–Trinajstić information content (AvgIpc) is 2.72. The molecule has 0 unspecified atom stereocenters. The minimum atomic E-state index is -0.0423. The highest BCUT2D eigenvalue weighted by atomic mass is 16.1. The Hall–Kier alpha value is -1.97. The number of fused-ring (bicyclic) bond motifs is 3. The topological polar surface area (TPSA) is 58.6 Å². The third kappa shape index (κ3) is 0.672. The molecule has 0 saturated heterocycles. The van der Waals surface area contributed by atoms with E-state index >= 15 is 0 Å². The van der Waals surface area contributed by atoms with Gasteiger partial charge < -0.3 is 0 Å². The smallest absolute Gasteiger partial charge is 0.215 e. The first-order valence-electron chi connectivity index (χ1n) is 3.91. The number of nitrogens with zero attached hydrogens (tertiary/aromatic N) is 2. The summed E-state index contributed by atoms with van der Waals surface area (Å²) in [6.07, 6.45) is 3.16. The van der Waals surface area contributed by atoms with Gasteiger partial charge in [0.25, 0.3) is 0 Å². The molecule has 4 nitrogen and oxygen atoms in total. The second-order valence-corrected chi connectivity index (χ2v) is 2.89. The Kier molecular flexibility index (Phi) is 1.02.